The fourth-order valence-electron chi connectivity index (χ4n) is 3.63. The first kappa shape index (κ1) is 17.7. The molecule has 4 rings (SSSR count). The van der Waals surface area contributed by atoms with E-state index < -0.39 is 12.0 Å². The van der Waals surface area contributed by atoms with Crippen molar-refractivity contribution in [3.05, 3.63) is 56.8 Å². The largest absolute Gasteiger partial charge is 0.480 e. The third-order valence-electron chi connectivity index (χ3n) is 4.94. The van der Waals surface area contributed by atoms with Crippen LogP contribution in [-0.4, -0.2) is 52.0 Å². The van der Waals surface area contributed by atoms with Crippen LogP contribution in [0.1, 0.15) is 16.5 Å². The normalized spacial score (nSPS) is 17.6. The zero-order valence-electron chi connectivity index (χ0n) is 14.2. The topological polar surface area (TPSA) is 59.6 Å². The lowest BCUT2D eigenvalue weighted by Crippen LogP contribution is -2.48. The highest BCUT2D eigenvalue weighted by Gasteiger charge is 2.32. The van der Waals surface area contributed by atoms with Crippen molar-refractivity contribution in [1.82, 2.24) is 14.8 Å². The molecular weight excluding hydrogens is 414 g/mol. The van der Waals surface area contributed by atoms with Crippen LogP contribution < -0.4 is 0 Å². The number of aromatic nitrogens is 1. The van der Waals surface area contributed by atoms with Crippen LogP contribution in [0, 0.1) is 0 Å². The summed E-state index contributed by atoms with van der Waals surface area (Å²) in [5.41, 5.74) is 1.80. The monoisotopic (exact) mass is 433 g/mol. The summed E-state index contributed by atoms with van der Waals surface area (Å²) in [4.78, 5) is 21.1. The molecule has 1 aromatic carbocycles. The molecule has 0 spiro atoms. The first-order chi connectivity index (χ1) is 12.6. The third kappa shape index (κ3) is 3.57. The van der Waals surface area contributed by atoms with Gasteiger partial charge in [0.05, 0.1) is 0 Å². The predicted octanol–water partition coefficient (Wildman–Crippen LogP) is 3.94. The minimum Gasteiger partial charge on any atom is -0.480 e. The second kappa shape index (κ2) is 7.52. The fourth-order valence-corrected chi connectivity index (χ4v) is 4.74. The van der Waals surface area contributed by atoms with E-state index in [4.69, 9.17) is 0 Å². The summed E-state index contributed by atoms with van der Waals surface area (Å²) in [6, 6.07) is 9.53. The molecule has 3 aromatic rings. The second-order valence-electron chi connectivity index (χ2n) is 6.57. The smallest absolute Gasteiger partial charge is 0.325 e. The molecule has 1 aliphatic rings. The molecule has 1 unspecified atom stereocenters. The van der Waals surface area contributed by atoms with Crippen LogP contribution in [-0.2, 0) is 11.3 Å². The molecule has 7 heteroatoms. The Bertz CT molecular complexity index is 901. The highest BCUT2D eigenvalue weighted by atomic mass is 79.9. The van der Waals surface area contributed by atoms with Crippen molar-refractivity contribution in [2.75, 3.05) is 26.2 Å². The molecule has 1 aliphatic heterocycles. The van der Waals surface area contributed by atoms with E-state index in [9.17, 15) is 9.90 Å². The van der Waals surface area contributed by atoms with Gasteiger partial charge in [-0.1, -0.05) is 22.0 Å². The molecular formula is C19H20BrN3O2S. The highest BCUT2D eigenvalue weighted by molar-refractivity contribution is 9.10. The van der Waals surface area contributed by atoms with Crippen LogP contribution in [0.2, 0.25) is 0 Å². The van der Waals surface area contributed by atoms with Crippen LogP contribution in [0.15, 0.2) is 46.4 Å². The zero-order valence-corrected chi connectivity index (χ0v) is 16.6. The molecule has 26 heavy (non-hydrogen) atoms. The number of aromatic amines is 1. The van der Waals surface area contributed by atoms with Gasteiger partial charge in [0.25, 0.3) is 0 Å². The number of piperazine rings is 1. The lowest BCUT2D eigenvalue weighted by Gasteiger charge is -2.37. The molecule has 1 atom stereocenters. The number of nitrogens with zero attached hydrogens (tertiary/aromatic N) is 2. The van der Waals surface area contributed by atoms with Crippen LogP contribution in [0.25, 0.3) is 10.9 Å². The lowest BCUT2D eigenvalue weighted by molar-refractivity contribution is -0.144. The van der Waals surface area contributed by atoms with Crippen molar-refractivity contribution in [3.63, 3.8) is 0 Å². The molecule has 0 radical (unpaired) electrons. The second-order valence-corrected chi connectivity index (χ2v) is 8.51. The quantitative estimate of drug-likeness (QED) is 0.639. The molecule has 1 fully saturated rings. The van der Waals surface area contributed by atoms with Gasteiger partial charge in [0.1, 0.15) is 6.04 Å². The summed E-state index contributed by atoms with van der Waals surface area (Å²) in [7, 11) is 0. The summed E-state index contributed by atoms with van der Waals surface area (Å²) in [5.74, 6) is -0.794. The molecule has 0 aliphatic carbocycles. The Balaban J connectivity index is 1.52. The number of aliphatic carboxylic acids is 1. The van der Waals surface area contributed by atoms with E-state index in [2.05, 4.69) is 48.2 Å². The SMILES string of the molecule is O=C(O)C(c1c[nH]c2ccc(Br)cc12)N1CCN(Cc2cccs2)CC1. The minimum atomic E-state index is -0.794. The summed E-state index contributed by atoms with van der Waals surface area (Å²) < 4.78 is 0.954. The van der Waals surface area contributed by atoms with E-state index in [0.29, 0.717) is 0 Å². The van der Waals surface area contributed by atoms with Crippen molar-refractivity contribution in [3.8, 4) is 0 Å². The van der Waals surface area contributed by atoms with Crippen molar-refractivity contribution in [2.24, 2.45) is 0 Å². The zero-order chi connectivity index (χ0) is 18.1. The number of carbonyl (C=O) groups is 1. The maximum absolute atomic E-state index is 12.1. The first-order valence-electron chi connectivity index (χ1n) is 8.60. The number of nitrogens with one attached hydrogen (secondary N) is 1. The van der Waals surface area contributed by atoms with E-state index in [1.807, 2.05) is 24.4 Å². The van der Waals surface area contributed by atoms with Crippen molar-refractivity contribution in [2.45, 2.75) is 12.6 Å². The number of fused-ring (bicyclic) bond motifs is 1. The predicted molar refractivity (Wildman–Crippen MR) is 108 cm³/mol. The van der Waals surface area contributed by atoms with Crippen molar-refractivity contribution >= 4 is 44.1 Å². The van der Waals surface area contributed by atoms with Gasteiger partial charge in [0.2, 0.25) is 0 Å². The first-order valence-corrected chi connectivity index (χ1v) is 10.3. The number of thiophene rings is 1. The Morgan fingerprint density at radius 1 is 1.27 bits per heavy atom. The Labute approximate surface area is 164 Å². The van der Waals surface area contributed by atoms with Crippen molar-refractivity contribution < 1.29 is 9.90 Å². The van der Waals surface area contributed by atoms with E-state index in [-0.39, 0.29) is 0 Å². The van der Waals surface area contributed by atoms with Gasteiger partial charge in [-0.15, -0.1) is 11.3 Å². The van der Waals surface area contributed by atoms with Crippen LogP contribution in [0.5, 0.6) is 0 Å². The average molecular weight is 434 g/mol. The highest BCUT2D eigenvalue weighted by Crippen LogP contribution is 2.31. The molecule has 0 amide bonds. The van der Waals surface area contributed by atoms with Gasteiger partial charge in [-0.2, -0.15) is 0 Å². The number of halogens is 1. The van der Waals surface area contributed by atoms with Gasteiger partial charge < -0.3 is 10.1 Å². The standard InChI is InChI=1S/C19H20BrN3O2S/c20-13-3-4-17-15(10-13)16(11-21-17)18(19(24)25)23-7-5-22(6-8-23)12-14-2-1-9-26-14/h1-4,9-11,18,21H,5-8,12H2,(H,24,25). The molecule has 2 aromatic heterocycles. The third-order valence-corrected chi connectivity index (χ3v) is 6.29. The summed E-state index contributed by atoms with van der Waals surface area (Å²) in [6.07, 6.45) is 1.84. The molecule has 136 valence electrons. The van der Waals surface area contributed by atoms with E-state index in [1.165, 1.54) is 4.88 Å². The van der Waals surface area contributed by atoms with Gasteiger partial charge in [0, 0.05) is 64.7 Å². The number of hydrogen-bond acceptors (Lipinski definition) is 4. The maximum Gasteiger partial charge on any atom is 0.325 e. The Hall–Kier alpha value is -1.67. The number of carboxylic acids is 1. The molecule has 0 bridgehead atoms. The van der Waals surface area contributed by atoms with Crippen LogP contribution >= 0.6 is 27.3 Å². The molecule has 3 heterocycles. The van der Waals surface area contributed by atoms with E-state index in [1.54, 1.807) is 11.3 Å². The Morgan fingerprint density at radius 2 is 2.08 bits per heavy atom. The minimum absolute atomic E-state index is 0.623. The van der Waals surface area contributed by atoms with E-state index in [0.717, 1.165) is 53.7 Å². The molecule has 0 saturated carbocycles. The van der Waals surface area contributed by atoms with Gasteiger partial charge >= 0.3 is 5.97 Å². The van der Waals surface area contributed by atoms with Gasteiger partial charge in [-0.3, -0.25) is 14.6 Å². The number of rotatable bonds is 5. The lowest BCUT2D eigenvalue weighted by atomic mass is 10.0. The number of benzene rings is 1. The van der Waals surface area contributed by atoms with Gasteiger partial charge in [-0.25, -0.2) is 0 Å². The summed E-state index contributed by atoms with van der Waals surface area (Å²) in [6.45, 7) is 4.22. The average Bonchev–Trinajstić information content (AvgIpc) is 3.27. The number of hydrogen-bond donors (Lipinski definition) is 2. The fraction of sp³-hybridized carbons (Fsp3) is 0.316. The summed E-state index contributed by atoms with van der Waals surface area (Å²) >= 11 is 5.26. The molecule has 5 nitrogen and oxygen atoms in total. The van der Waals surface area contributed by atoms with Gasteiger partial charge in [-0.05, 0) is 29.6 Å². The van der Waals surface area contributed by atoms with Crippen LogP contribution in [0.3, 0.4) is 0 Å². The Morgan fingerprint density at radius 3 is 2.77 bits per heavy atom. The van der Waals surface area contributed by atoms with Crippen molar-refractivity contribution in [1.29, 1.82) is 0 Å². The Kier molecular flexibility index (Phi) is 5.13. The molecule has 2 N–H and O–H groups in total. The van der Waals surface area contributed by atoms with E-state index >= 15 is 0 Å². The van der Waals surface area contributed by atoms with Crippen LogP contribution in [0.4, 0.5) is 0 Å². The van der Waals surface area contributed by atoms with Gasteiger partial charge in [0.15, 0.2) is 0 Å². The number of H-pyrrole nitrogens is 1. The summed E-state index contributed by atoms with van der Waals surface area (Å²) in [5, 5.41) is 13.0. The molecule has 1 saturated heterocycles. The maximum atomic E-state index is 12.1. The number of carboxylic acid groups (broad SMARTS) is 1.